The van der Waals surface area contributed by atoms with Crippen molar-refractivity contribution >= 4 is 0 Å². The van der Waals surface area contributed by atoms with Crippen LogP contribution in [0, 0.1) is 46.3 Å². The van der Waals surface area contributed by atoms with Gasteiger partial charge in [0.1, 0.15) is 0 Å². The van der Waals surface area contributed by atoms with Crippen molar-refractivity contribution in [2.45, 2.75) is 116 Å². The van der Waals surface area contributed by atoms with E-state index in [0.717, 1.165) is 55.3 Å². The van der Waals surface area contributed by atoms with Gasteiger partial charge >= 0.3 is 0 Å². The van der Waals surface area contributed by atoms with Crippen molar-refractivity contribution in [2.75, 3.05) is 0 Å². The lowest BCUT2D eigenvalue weighted by Crippen LogP contribution is -2.55. The van der Waals surface area contributed by atoms with Crippen LogP contribution in [0.5, 0.6) is 0 Å². The maximum absolute atomic E-state index is 10.7. The van der Waals surface area contributed by atoms with Crippen LogP contribution in [-0.2, 0) is 0 Å². The van der Waals surface area contributed by atoms with Gasteiger partial charge in [-0.05, 0) is 131 Å². The van der Waals surface area contributed by atoms with Crippen molar-refractivity contribution in [1.82, 2.24) is 0 Å². The molecule has 0 aromatic heterocycles. The van der Waals surface area contributed by atoms with Crippen molar-refractivity contribution in [3.8, 4) is 0 Å². The van der Waals surface area contributed by atoms with Gasteiger partial charge in [-0.3, -0.25) is 0 Å². The molecule has 4 saturated carbocycles. The molecular weight excluding hydrogens is 368 g/mol. The van der Waals surface area contributed by atoms with E-state index in [9.17, 15) is 10.2 Å². The van der Waals surface area contributed by atoms with Gasteiger partial charge in [0.05, 0.1) is 11.2 Å². The van der Waals surface area contributed by atoms with E-state index < -0.39 is 11.2 Å². The van der Waals surface area contributed by atoms with Crippen LogP contribution < -0.4 is 0 Å². The molecule has 0 spiro atoms. The van der Waals surface area contributed by atoms with E-state index in [0.29, 0.717) is 16.7 Å². The molecule has 4 fully saturated rings. The monoisotopic (exact) mass is 416 g/mol. The molecule has 10 atom stereocenters. The Bertz CT molecular complexity index is 651. The average Bonchev–Trinajstić information content (AvgIpc) is 3.04. The van der Waals surface area contributed by atoms with Gasteiger partial charge in [-0.1, -0.05) is 26.8 Å². The molecule has 0 saturated heterocycles. The molecule has 0 aromatic carbocycles. The fraction of sp³-hybridized carbons (Fsp3) is 0.929. The number of hydrogen-bond acceptors (Lipinski definition) is 2. The van der Waals surface area contributed by atoms with E-state index >= 15 is 0 Å². The van der Waals surface area contributed by atoms with Crippen molar-refractivity contribution < 1.29 is 10.2 Å². The number of aliphatic hydroxyl groups is 2. The Morgan fingerprint density at radius 2 is 1.70 bits per heavy atom. The standard InChI is InChI=1S/C28H48O2/c1-7-25(3,29)14-12-19(2)22-10-11-23-21-9-8-20-18-26(4,30)16-17-27(20,5)24(21)13-15-28(22,23)6/h7,19-24,29-30H,1,8-18H2,2-6H3/t19-,20+,21+,22-,23+,24+,25?,26+,27+,28-/m1/s1. The number of fused-ring (bicyclic) bond motifs is 5. The number of rotatable bonds is 5. The first-order valence-corrected chi connectivity index (χ1v) is 13.0. The molecule has 4 rings (SSSR count). The van der Waals surface area contributed by atoms with Gasteiger partial charge in [0, 0.05) is 0 Å². The summed E-state index contributed by atoms with van der Waals surface area (Å²) in [5.74, 6) is 4.89. The fourth-order valence-electron chi connectivity index (χ4n) is 9.23. The molecule has 4 aliphatic carbocycles. The van der Waals surface area contributed by atoms with Gasteiger partial charge in [-0.15, -0.1) is 6.58 Å². The lowest BCUT2D eigenvalue weighted by Gasteiger charge is -2.62. The third-order valence-electron chi connectivity index (χ3n) is 11.3. The summed E-state index contributed by atoms with van der Waals surface area (Å²) in [5.41, 5.74) is -0.205. The van der Waals surface area contributed by atoms with Crippen molar-refractivity contribution in [2.24, 2.45) is 46.3 Å². The van der Waals surface area contributed by atoms with E-state index in [1.54, 1.807) is 6.08 Å². The molecule has 2 nitrogen and oxygen atoms in total. The van der Waals surface area contributed by atoms with Crippen LogP contribution >= 0.6 is 0 Å². The molecule has 2 N–H and O–H groups in total. The zero-order valence-corrected chi connectivity index (χ0v) is 20.4. The summed E-state index contributed by atoms with van der Waals surface area (Å²) in [6, 6.07) is 0. The summed E-state index contributed by atoms with van der Waals surface area (Å²) < 4.78 is 0. The summed E-state index contributed by atoms with van der Waals surface area (Å²) in [6.45, 7) is 15.5. The summed E-state index contributed by atoms with van der Waals surface area (Å²) in [7, 11) is 0. The Hall–Kier alpha value is -0.340. The topological polar surface area (TPSA) is 40.5 Å². The third-order valence-corrected chi connectivity index (χ3v) is 11.3. The second-order valence-corrected chi connectivity index (χ2v) is 13.2. The molecule has 0 radical (unpaired) electrons. The van der Waals surface area contributed by atoms with Crippen LogP contribution in [0.4, 0.5) is 0 Å². The highest BCUT2D eigenvalue weighted by atomic mass is 16.3. The Kier molecular flexibility index (Phi) is 5.80. The predicted octanol–water partition coefficient (Wildman–Crippen LogP) is 6.75. The first-order valence-electron chi connectivity index (χ1n) is 13.0. The Labute approximate surface area is 185 Å². The van der Waals surface area contributed by atoms with E-state index in [1.165, 1.54) is 44.9 Å². The minimum atomic E-state index is -0.722. The van der Waals surface area contributed by atoms with Gasteiger partial charge in [-0.25, -0.2) is 0 Å². The maximum Gasteiger partial charge on any atom is 0.0797 e. The lowest BCUT2D eigenvalue weighted by molar-refractivity contribution is -0.148. The summed E-state index contributed by atoms with van der Waals surface area (Å²) >= 11 is 0. The second kappa shape index (κ2) is 7.62. The van der Waals surface area contributed by atoms with Gasteiger partial charge in [-0.2, -0.15) is 0 Å². The third kappa shape index (κ3) is 3.72. The predicted molar refractivity (Wildman–Crippen MR) is 125 cm³/mol. The van der Waals surface area contributed by atoms with E-state index in [1.807, 2.05) is 6.92 Å². The Morgan fingerprint density at radius 3 is 2.40 bits per heavy atom. The lowest BCUT2D eigenvalue weighted by atomic mass is 9.43. The van der Waals surface area contributed by atoms with Crippen LogP contribution in [0.25, 0.3) is 0 Å². The molecule has 0 bridgehead atoms. The molecule has 2 heteroatoms. The van der Waals surface area contributed by atoms with E-state index in [-0.39, 0.29) is 0 Å². The quantitative estimate of drug-likeness (QED) is 0.487. The molecule has 1 unspecified atom stereocenters. The molecule has 0 amide bonds. The van der Waals surface area contributed by atoms with Crippen LogP contribution in [-0.4, -0.2) is 21.4 Å². The van der Waals surface area contributed by atoms with Crippen molar-refractivity contribution in [3.05, 3.63) is 12.7 Å². The van der Waals surface area contributed by atoms with Crippen LogP contribution in [0.2, 0.25) is 0 Å². The zero-order chi connectivity index (χ0) is 21.9. The highest BCUT2D eigenvalue weighted by Crippen LogP contribution is 2.68. The normalized spacial score (nSPS) is 51.2. The summed E-state index contributed by atoms with van der Waals surface area (Å²) in [6.07, 6.45) is 15.2. The van der Waals surface area contributed by atoms with Crippen molar-refractivity contribution in [1.29, 1.82) is 0 Å². The molecule has 172 valence electrons. The van der Waals surface area contributed by atoms with Crippen molar-refractivity contribution in [3.63, 3.8) is 0 Å². The Morgan fingerprint density at radius 1 is 1.00 bits per heavy atom. The average molecular weight is 417 g/mol. The highest BCUT2D eigenvalue weighted by molar-refractivity contribution is 5.10. The molecule has 0 heterocycles. The largest absolute Gasteiger partial charge is 0.390 e. The first kappa shape index (κ1) is 22.8. The minimum absolute atomic E-state index is 0.430. The summed E-state index contributed by atoms with van der Waals surface area (Å²) in [4.78, 5) is 0. The van der Waals surface area contributed by atoms with Crippen LogP contribution in [0.15, 0.2) is 12.7 Å². The van der Waals surface area contributed by atoms with E-state index in [2.05, 4.69) is 34.3 Å². The van der Waals surface area contributed by atoms with Gasteiger partial charge < -0.3 is 10.2 Å². The zero-order valence-electron chi connectivity index (χ0n) is 20.4. The highest BCUT2D eigenvalue weighted by Gasteiger charge is 2.61. The minimum Gasteiger partial charge on any atom is -0.390 e. The number of hydrogen-bond donors (Lipinski definition) is 2. The molecule has 0 aliphatic heterocycles. The SMILES string of the molecule is C=CC(C)(O)CC[C@@H](C)[C@H]1CC[C@H]2[C@@H]3CC[C@H]4C[C@@](C)(O)CC[C@]4(C)[C@H]3CC[C@]12C. The molecule has 30 heavy (non-hydrogen) atoms. The molecular formula is C28H48O2. The Balaban J connectivity index is 1.48. The first-order chi connectivity index (χ1) is 13.9. The van der Waals surface area contributed by atoms with Crippen LogP contribution in [0.3, 0.4) is 0 Å². The molecule has 4 aliphatic rings. The fourth-order valence-corrected chi connectivity index (χ4v) is 9.23. The van der Waals surface area contributed by atoms with Crippen LogP contribution in [0.1, 0.15) is 105 Å². The van der Waals surface area contributed by atoms with Gasteiger partial charge in [0.15, 0.2) is 0 Å². The van der Waals surface area contributed by atoms with Gasteiger partial charge in [0.25, 0.3) is 0 Å². The maximum atomic E-state index is 10.7. The van der Waals surface area contributed by atoms with E-state index in [4.69, 9.17) is 0 Å². The smallest absolute Gasteiger partial charge is 0.0797 e. The molecule has 0 aromatic rings. The second-order valence-electron chi connectivity index (χ2n) is 13.2. The summed E-state index contributed by atoms with van der Waals surface area (Å²) in [5, 5.41) is 21.1. The van der Waals surface area contributed by atoms with Gasteiger partial charge in [0.2, 0.25) is 0 Å².